The highest BCUT2D eigenvalue weighted by molar-refractivity contribution is 7.89. The Labute approximate surface area is 148 Å². The van der Waals surface area contributed by atoms with Gasteiger partial charge in [0.15, 0.2) is 0 Å². The smallest absolute Gasteiger partial charge is 0.252 e. The monoisotopic (exact) mass is 364 g/mol. The fourth-order valence-corrected chi connectivity index (χ4v) is 5.80. The lowest BCUT2D eigenvalue weighted by Crippen LogP contribution is -2.42. The number of hydrogen-bond acceptors (Lipinski definition) is 4. The Bertz CT molecular complexity index is 765. The molecule has 1 unspecified atom stereocenters. The Kier molecular flexibility index (Phi) is 4.56. The topological polar surface area (TPSA) is 66.9 Å². The fourth-order valence-electron chi connectivity index (χ4n) is 4.02. The molecule has 0 radical (unpaired) electrons. The van der Waals surface area contributed by atoms with Crippen molar-refractivity contribution in [1.29, 1.82) is 0 Å². The summed E-state index contributed by atoms with van der Waals surface area (Å²) >= 11 is 0. The van der Waals surface area contributed by atoms with E-state index in [1.165, 1.54) is 0 Å². The maximum absolute atomic E-state index is 13.0. The van der Waals surface area contributed by atoms with Crippen LogP contribution in [-0.4, -0.2) is 55.9 Å². The highest BCUT2D eigenvalue weighted by Gasteiger charge is 2.34. The molecule has 1 aromatic carbocycles. The molecule has 6 nitrogen and oxygen atoms in total. The van der Waals surface area contributed by atoms with Gasteiger partial charge in [-0.15, -0.1) is 0 Å². The van der Waals surface area contributed by atoms with Crippen LogP contribution in [0.15, 0.2) is 23.1 Å². The van der Waals surface area contributed by atoms with Gasteiger partial charge >= 0.3 is 0 Å². The average molecular weight is 364 g/mol. The number of carbonyl (C=O) groups excluding carboxylic acids is 1. The second-order valence-corrected chi connectivity index (χ2v) is 8.92. The average Bonchev–Trinajstić information content (AvgIpc) is 3.33. The predicted octanol–water partition coefficient (Wildman–Crippen LogP) is 1.53. The number of nitrogens with zero attached hydrogens (tertiary/aromatic N) is 2. The molecule has 0 N–H and O–H groups in total. The molecule has 3 heterocycles. The highest BCUT2D eigenvalue weighted by atomic mass is 32.2. The van der Waals surface area contributed by atoms with Crippen molar-refractivity contribution in [3.63, 3.8) is 0 Å². The van der Waals surface area contributed by atoms with Gasteiger partial charge in [-0.25, -0.2) is 8.42 Å². The van der Waals surface area contributed by atoms with Crippen LogP contribution in [0.25, 0.3) is 0 Å². The molecule has 2 fully saturated rings. The van der Waals surface area contributed by atoms with E-state index in [1.54, 1.807) is 15.3 Å². The number of rotatable bonds is 3. The summed E-state index contributed by atoms with van der Waals surface area (Å²) in [5.41, 5.74) is 1.82. The summed E-state index contributed by atoms with van der Waals surface area (Å²) in [4.78, 5) is 14.8. The maximum Gasteiger partial charge on any atom is 0.252 e. The van der Waals surface area contributed by atoms with Crippen molar-refractivity contribution in [2.75, 3.05) is 26.2 Å². The lowest BCUT2D eigenvalue weighted by Gasteiger charge is -2.32. The van der Waals surface area contributed by atoms with Crippen LogP contribution < -0.4 is 0 Å². The van der Waals surface area contributed by atoms with E-state index in [-0.39, 0.29) is 12.0 Å². The summed E-state index contributed by atoms with van der Waals surface area (Å²) in [5.74, 6) is -0.00322. The molecule has 0 bridgehead atoms. The quantitative estimate of drug-likeness (QED) is 0.816. The summed E-state index contributed by atoms with van der Waals surface area (Å²) in [6.07, 6.45) is 3.84. The Balaban J connectivity index is 1.63. The fraction of sp³-hybridized carbons (Fsp3) is 0.611. The zero-order chi connectivity index (χ0) is 17.4. The number of hydrogen-bond donors (Lipinski definition) is 0. The number of fused-ring (bicyclic) bond motifs is 1. The number of carbonyl (C=O) groups is 1. The summed E-state index contributed by atoms with van der Waals surface area (Å²) in [6.45, 7) is 2.79. The Morgan fingerprint density at radius 3 is 2.64 bits per heavy atom. The molecule has 3 aliphatic heterocycles. The van der Waals surface area contributed by atoms with Gasteiger partial charge in [0, 0.05) is 32.8 Å². The number of benzene rings is 1. The number of sulfonamides is 1. The van der Waals surface area contributed by atoms with Crippen molar-refractivity contribution in [3.05, 3.63) is 29.3 Å². The molecule has 0 spiro atoms. The minimum absolute atomic E-state index is 0.00322. The van der Waals surface area contributed by atoms with Crippen LogP contribution in [0, 0.1) is 0 Å². The molecule has 1 amide bonds. The normalized spacial score (nSPS) is 24.5. The highest BCUT2D eigenvalue weighted by Crippen LogP contribution is 2.30. The molecule has 25 heavy (non-hydrogen) atoms. The van der Waals surface area contributed by atoms with E-state index in [0.29, 0.717) is 44.1 Å². The van der Waals surface area contributed by atoms with Gasteiger partial charge in [-0.2, -0.15) is 4.31 Å². The largest absolute Gasteiger partial charge is 0.368 e. The first kappa shape index (κ1) is 17.0. The van der Waals surface area contributed by atoms with Gasteiger partial charge in [0.05, 0.1) is 4.90 Å². The van der Waals surface area contributed by atoms with E-state index in [9.17, 15) is 13.2 Å². The third kappa shape index (κ3) is 3.09. The summed E-state index contributed by atoms with van der Waals surface area (Å²) < 4.78 is 33.2. The van der Waals surface area contributed by atoms with Crippen molar-refractivity contribution in [3.8, 4) is 0 Å². The zero-order valence-electron chi connectivity index (χ0n) is 14.3. The number of amides is 1. The lowest BCUT2D eigenvalue weighted by molar-refractivity contribution is -0.141. The standard InChI is InChI=1S/C18H24N2O4S/c21-18(16-6-4-12-24-16)19-11-8-14-5-3-7-17(15(14)13-19)25(22,23)20-9-1-2-10-20/h3,5,7,16H,1-2,4,6,8-13H2. The van der Waals surface area contributed by atoms with Crippen molar-refractivity contribution >= 4 is 15.9 Å². The number of ether oxygens (including phenoxy) is 1. The van der Waals surface area contributed by atoms with E-state index in [0.717, 1.165) is 36.8 Å². The Morgan fingerprint density at radius 2 is 1.92 bits per heavy atom. The molecule has 4 rings (SSSR count). The van der Waals surface area contributed by atoms with Crippen LogP contribution in [0.2, 0.25) is 0 Å². The van der Waals surface area contributed by atoms with Crippen molar-refractivity contribution in [2.24, 2.45) is 0 Å². The molecule has 136 valence electrons. The van der Waals surface area contributed by atoms with E-state index in [2.05, 4.69) is 0 Å². The first-order chi connectivity index (χ1) is 12.1. The van der Waals surface area contributed by atoms with Crippen LogP contribution >= 0.6 is 0 Å². The van der Waals surface area contributed by atoms with Gasteiger partial charge in [-0.1, -0.05) is 12.1 Å². The SMILES string of the molecule is O=C(C1CCCO1)N1CCc2cccc(S(=O)(=O)N3CCCC3)c2C1. The first-order valence-electron chi connectivity index (χ1n) is 9.09. The summed E-state index contributed by atoms with van der Waals surface area (Å²) in [7, 11) is -3.48. The molecular weight excluding hydrogens is 340 g/mol. The van der Waals surface area contributed by atoms with E-state index in [4.69, 9.17) is 4.74 Å². The van der Waals surface area contributed by atoms with Crippen molar-refractivity contribution in [2.45, 2.75) is 49.6 Å². The van der Waals surface area contributed by atoms with E-state index < -0.39 is 10.0 Å². The van der Waals surface area contributed by atoms with Crippen LogP contribution in [0.5, 0.6) is 0 Å². The zero-order valence-corrected chi connectivity index (χ0v) is 15.1. The Morgan fingerprint density at radius 1 is 1.12 bits per heavy atom. The molecule has 3 aliphatic rings. The van der Waals surface area contributed by atoms with Gasteiger partial charge in [0.1, 0.15) is 6.10 Å². The summed E-state index contributed by atoms with van der Waals surface area (Å²) in [5, 5.41) is 0. The van der Waals surface area contributed by atoms with Crippen LogP contribution in [-0.2, 0) is 32.5 Å². The molecule has 0 aliphatic carbocycles. The molecule has 7 heteroatoms. The van der Waals surface area contributed by atoms with E-state index in [1.807, 2.05) is 12.1 Å². The van der Waals surface area contributed by atoms with E-state index >= 15 is 0 Å². The van der Waals surface area contributed by atoms with Gasteiger partial charge in [-0.3, -0.25) is 4.79 Å². The van der Waals surface area contributed by atoms with Crippen LogP contribution in [0.3, 0.4) is 0 Å². The molecule has 1 atom stereocenters. The minimum atomic E-state index is -3.48. The molecular formula is C18H24N2O4S. The summed E-state index contributed by atoms with van der Waals surface area (Å²) in [6, 6.07) is 5.48. The van der Waals surface area contributed by atoms with Gasteiger partial charge in [-0.05, 0) is 49.3 Å². The third-order valence-electron chi connectivity index (χ3n) is 5.43. The van der Waals surface area contributed by atoms with Crippen LogP contribution in [0.4, 0.5) is 0 Å². The van der Waals surface area contributed by atoms with Crippen molar-refractivity contribution < 1.29 is 17.9 Å². The van der Waals surface area contributed by atoms with Crippen molar-refractivity contribution in [1.82, 2.24) is 9.21 Å². The van der Waals surface area contributed by atoms with Gasteiger partial charge in [0.2, 0.25) is 10.0 Å². The third-order valence-corrected chi connectivity index (χ3v) is 7.41. The molecule has 0 aromatic heterocycles. The molecule has 0 saturated carbocycles. The van der Waals surface area contributed by atoms with Gasteiger partial charge in [0.25, 0.3) is 5.91 Å². The first-order valence-corrected chi connectivity index (χ1v) is 10.5. The van der Waals surface area contributed by atoms with Gasteiger partial charge < -0.3 is 9.64 Å². The lowest BCUT2D eigenvalue weighted by atomic mass is 9.99. The second-order valence-electron chi connectivity index (χ2n) is 7.02. The molecule has 2 saturated heterocycles. The maximum atomic E-state index is 13.0. The minimum Gasteiger partial charge on any atom is -0.368 e. The second kappa shape index (κ2) is 6.70. The van der Waals surface area contributed by atoms with Crippen LogP contribution in [0.1, 0.15) is 36.8 Å². The predicted molar refractivity (Wildman–Crippen MR) is 92.5 cm³/mol. The Hall–Kier alpha value is -1.44. The molecule has 1 aromatic rings.